The molecule has 4 aliphatic heterocycles. The number of amides is 6. The second-order valence-corrected chi connectivity index (χ2v) is 18.6. The molecule has 1 aliphatic carbocycles. The van der Waals surface area contributed by atoms with Gasteiger partial charge in [0.25, 0.3) is 11.8 Å². The molecule has 6 amide bonds. The Bertz CT molecular complexity index is 2860. The standard InChI is InChI=1S/C52H54FN9O8/c1-69-44-29-38-40(54-20-15-43(38)70-36-11-9-35(10-12-36)57-51(68)52(18-19-52)50(67)56-34-7-5-33(53)6-8-34)30-42(44)61-22-16-32(17-23-61)31-60-27-25-59(26-28-60)24-21-55-39-4-2-3-37-46(39)49(66)62(48(37)65)41-13-14-45(63)58-47(41)64/h2-12,15,20,29-30,32,41,55H,13-14,16-19,21-28,31H2,1H3,(H,56,67)(H,57,68)(H,58,63,64). The fraction of sp³-hybridized carbons (Fsp3) is 0.365. The summed E-state index contributed by atoms with van der Waals surface area (Å²) in [4.78, 5) is 90.2. The first-order chi connectivity index (χ1) is 34.0. The number of nitrogens with one attached hydrogen (secondary N) is 4. The monoisotopic (exact) mass is 951 g/mol. The lowest BCUT2D eigenvalue weighted by molar-refractivity contribution is -0.136. The van der Waals surface area contributed by atoms with Crippen LogP contribution >= 0.6 is 0 Å². The van der Waals surface area contributed by atoms with E-state index >= 15 is 0 Å². The molecule has 362 valence electrons. The van der Waals surface area contributed by atoms with Gasteiger partial charge < -0.3 is 35.2 Å². The Labute approximate surface area is 403 Å². The lowest BCUT2D eigenvalue weighted by Crippen LogP contribution is -2.54. The number of methoxy groups -OCH3 is 1. The predicted molar refractivity (Wildman–Crippen MR) is 260 cm³/mol. The van der Waals surface area contributed by atoms with E-state index in [4.69, 9.17) is 9.47 Å². The summed E-state index contributed by atoms with van der Waals surface area (Å²) in [6.07, 6.45) is 4.85. The van der Waals surface area contributed by atoms with Crippen LogP contribution in [0.3, 0.4) is 0 Å². The van der Waals surface area contributed by atoms with Crippen LogP contribution in [0.15, 0.2) is 91.1 Å². The number of aromatic nitrogens is 1. The van der Waals surface area contributed by atoms with Crippen molar-refractivity contribution in [3.63, 3.8) is 0 Å². The Morgan fingerprint density at radius 3 is 2.16 bits per heavy atom. The van der Waals surface area contributed by atoms with Crippen LogP contribution in [0.25, 0.3) is 10.9 Å². The largest absolute Gasteiger partial charge is 0.495 e. The van der Waals surface area contributed by atoms with Crippen LogP contribution in [-0.2, 0) is 19.2 Å². The number of pyridine rings is 1. The Hall–Kier alpha value is -7.44. The summed E-state index contributed by atoms with van der Waals surface area (Å²) < 4.78 is 25.6. The summed E-state index contributed by atoms with van der Waals surface area (Å²) in [5, 5.41) is 12.0. The second kappa shape index (κ2) is 19.5. The highest BCUT2D eigenvalue weighted by Gasteiger charge is 2.56. The topological polar surface area (TPSA) is 195 Å². The van der Waals surface area contributed by atoms with Crippen molar-refractivity contribution in [2.24, 2.45) is 11.3 Å². The van der Waals surface area contributed by atoms with Gasteiger partial charge in [0.1, 0.15) is 34.5 Å². The van der Waals surface area contributed by atoms with E-state index in [-0.39, 0.29) is 24.0 Å². The van der Waals surface area contributed by atoms with Crippen LogP contribution in [0.5, 0.6) is 17.2 Å². The van der Waals surface area contributed by atoms with Crippen molar-refractivity contribution in [3.05, 3.63) is 108 Å². The van der Waals surface area contributed by atoms with Crippen LogP contribution in [0.1, 0.15) is 59.2 Å². The molecule has 0 bridgehead atoms. The maximum Gasteiger partial charge on any atom is 0.264 e. The zero-order chi connectivity index (χ0) is 48.5. The predicted octanol–water partition coefficient (Wildman–Crippen LogP) is 5.88. The van der Waals surface area contributed by atoms with Gasteiger partial charge in [0.2, 0.25) is 23.6 Å². The molecule has 1 aromatic heterocycles. The maximum absolute atomic E-state index is 13.5. The van der Waals surface area contributed by atoms with E-state index in [1.54, 1.807) is 61.8 Å². The van der Waals surface area contributed by atoms with Crippen LogP contribution in [0, 0.1) is 17.2 Å². The molecule has 1 atom stereocenters. The van der Waals surface area contributed by atoms with E-state index < -0.39 is 52.7 Å². The lowest BCUT2D eigenvalue weighted by atomic mass is 9.95. The van der Waals surface area contributed by atoms with Crippen molar-refractivity contribution in [2.75, 3.05) is 86.9 Å². The van der Waals surface area contributed by atoms with E-state index in [1.807, 2.05) is 6.07 Å². The van der Waals surface area contributed by atoms with Crippen LogP contribution < -0.4 is 35.6 Å². The third kappa shape index (κ3) is 9.48. The molecule has 1 unspecified atom stereocenters. The Morgan fingerprint density at radius 1 is 0.800 bits per heavy atom. The molecular weight excluding hydrogens is 898 g/mol. The van der Waals surface area contributed by atoms with Crippen LogP contribution in [0.2, 0.25) is 0 Å². The quantitative estimate of drug-likeness (QED) is 0.0719. The van der Waals surface area contributed by atoms with Gasteiger partial charge in [0, 0.05) is 94.0 Å². The number of imide groups is 2. The number of carbonyl (C=O) groups is 6. The normalized spacial score (nSPS) is 19.4. The summed E-state index contributed by atoms with van der Waals surface area (Å²) in [7, 11) is 1.67. The van der Waals surface area contributed by atoms with Crippen molar-refractivity contribution >= 4 is 69.1 Å². The molecular formula is C52H54FN9O8. The van der Waals surface area contributed by atoms with Crippen molar-refractivity contribution in [1.82, 2.24) is 25.0 Å². The third-order valence-corrected chi connectivity index (χ3v) is 14.2. The van der Waals surface area contributed by atoms with Gasteiger partial charge in [0.05, 0.1) is 29.4 Å². The minimum absolute atomic E-state index is 0.0745. The Balaban J connectivity index is 0.681. The second-order valence-electron chi connectivity index (χ2n) is 18.6. The van der Waals surface area contributed by atoms with E-state index in [0.29, 0.717) is 53.9 Å². The van der Waals surface area contributed by atoms with E-state index in [1.165, 1.54) is 24.3 Å². The molecule has 10 rings (SSSR count). The van der Waals surface area contributed by atoms with Gasteiger partial charge in [-0.05, 0) is 117 Å². The SMILES string of the molecule is COc1cc2c(Oc3ccc(NC(=O)C4(C(=O)Nc5ccc(F)cc5)CC4)cc3)ccnc2cc1N1CCC(CN2CCN(CCNc3cccc4c3C(=O)N(C3CCC(=O)NC3=O)C4=O)CC2)CC1. The number of benzene rings is 4. The molecule has 3 saturated heterocycles. The molecule has 5 heterocycles. The minimum Gasteiger partial charge on any atom is -0.495 e. The zero-order valence-corrected chi connectivity index (χ0v) is 38.8. The molecule has 17 nitrogen and oxygen atoms in total. The number of fused-ring (bicyclic) bond motifs is 2. The number of carbonyl (C=O) groups excluding carboxylic acids is 6. The molecule has 4 N–H and O–H groups in total. The molecule has 4 fully saturated rings. The van der Waals surface area contributed by atoms with Gasteiger partial charge in [-0.25, -0.2) is 4.39 Å². The highest BCUT2D eigenvalue weighted by Crippen LogP contribution is 2.48. The zero-order valence-electron chi connectivity index (χ0n) is 38.8. The number of hydrogen-bond donors (Lipinski definition) is 4. The number of rotatable bonds is 15. The highest BCUT2D eigenvalue weighted by atomic mass is 19.1. The maximum atomic E-state index is 13.5. The average molecular weight is 952 g/mol. The highest BCUT2D eigenvalue weighted by molar-refractivity contribution is 6.25. The van der Waals surface area contributed by atoms with Gasteiger partial charge in [-0.2, -0.15) is 0 Å². The molecule has 18 heteroatoms. The summed E-state index contributed by atoms with van der Waals surface area (Å²) in [5.41, 5.74) is 2.63. The first kappa shape index (κ1) is 46.3. The van der Waals surface area contributed by atoms with E-state index in [9.17, 15) is 33.2 Å². The number of halogens is 1. The first-order valence-electron chi connectivity index (χ1n) is 23.9. The minimum atomic E-state index is -1.18. The fourth-order valence-electron chi connectivity index (χ4n) is 10.0. The smallest absolute Gasteiger partial charge is 0.264 e. The van der Waals surface area contributed by atoms with Crippen molar-refractivity contribution in [1.29, 1.82) is 0 Å². The molecule has 5 aromatic rings. The van der Waals surface area contributed by atoms with Crippen molar-refractivity contribution in [2.45, 2.75) is 44.6 Å². The lowest BCUT2D eigenvalue weighted by Gasteiger charge is -2.39. The first-order valence-corrected chi connectivity index (χ1v) is 23.9. The van der Waals surface area contributed by atoms with Crippen LogP contribution in [0.4, 0.5) is 27.1 Å². The molecule has 5 aliphatic rings. The van der Waals surface area contributed by atoms with Crippen molar-refractivity contribution in [3.8, 4) is 17.2 Å². The molecule has 0 spiro atoms. The van der Waals surface area contributed by atoms with Gasteiger partial charge in [0.15, 0.2) is 0 Å². The summed E-state index contributed by atoms with van der Waals surface area (Å²) >= 11 is 0. The third-order valence-electron chi connectivity index (χ3n) is 14.2. The fourth-order valence-corrected chi connectivity index (χ4v) is 10.0. The summed E-state index contributed by atoms with van der Waals surface area (Å²) in [6, 6.07) is 22.3. The van der Waals surface area contributed by atoms with E-state index in [2.05, 4.69) is 47.0 Å². The van der Waals surface area contributed by atoms with Crippen molar-refractivity contribution < 1.29 is 42.6 Å². The van der Waals surface area contributed by atoms with Gasteiger partial charge >= 0.3 is 0 Å². The number of ether oxygens (including phenoxy) is 2. The number of hydrogen-bond acceptors (Lipinski definition) is 13. The molecule has 0 radical (unpaired) electrons. The number of anilines is 4. The average Bonchev–Trinajstić information content (AvgIpc) is 4.15. The van der Waals surface area contributed by atoms with Crippen LogP contribution in [-0.4, -0.2) is 127 Å². The molecule has 70 heavy (non-hydrogen) atoms. The number of piperazine rings is 1. The molecule has 1 saturated carbocycles. The Morgan fingerprint density at radius 2 is 1.49 bits per heavy atom. The summed E-state index contributed by atoms with van der Waals surface area (Å²) in [5.74, 6) is -0.837. The van der Waals surface area contributed by atoms with E-state index in [0.717, 1.165) is 92.4 Å². The van der Waals surface area contributed by atoms with Gasteiger partial charge in [-0.3, -0.25) is 48.9 Å². The number of nitrogens with zero attached hydrogens (tertiary/aromatic N) is 5. The van der Waals surface area contributed by atoms with Gasteiger partial charge in [-0.1, -0.05) is 6.07 Å². The summed E-state index contributed by atoms with van der Waals surface area (Å²) in [6.45, 7) is 7.95. The molecule has 4 aromatic carbocycles. The number of piperidine rings is 2. The van der Waals surface area contributed by atoms with Gasteiger partial charge in [-0.15, -0.1) is 0 Å². The Kier molecular flexibility index (Phi) is 12.9.